The third-order valence-electron chi connectivity index (χ3n) is 3.46. The van der Waals surface area contributed by atoms with Crippen molar-refractivity contribution >= 4 is 34.3 Å². The Bertz CT molecular complexity index is 780. The van der Waals surface area contributed by atoms with Crippen LogP contribution in [0, 0.1) is 6.92 Å². The van der Waals surface area contributed by atoms with Gasteiger partial charge in [0.05, 0.1) is 0 Å². The van der Waals surface area contributed by atoms with E-state index in [0.717, 1.165) is 17.0 Å². The van der Waals surface area contributed by atoms with Gasteiger partial charge in [0.15, 0.2) is 0 Å². The minimum absolute atomic E-state index is 0.641. The fourth-order valence-corrected chi connectivity index (χ4v) is 3.75. The standard InChI is InChI=1S/C17H17ClN2S/c1-11-2-5-15-14(8-11)17(10-20-15)21-16-9-13(18)4-3-12(16)6-7-19/h2-5,8-10,20H,6-7,19H2,1H3. The fraction of sp³-hybridized carbons (Fsp3) is 0.176. The summed E-state index contributed by atoms with van der Waals surface area (Å²) >= 11 is 7.89. The second-order valence-electron chi connectivity index (χ2n) is 5.09. The van der Waals surface area contributed by atoms with Crippen molar-refractivity contribution in [3.8, 4) is 0 Å². The first-order valence-corrected chi connectivity index (χ1v) is 8.11. The molecule has 0 radical (unpaired) electrons. The molecule has 0 saturated heterocycles. The van der Waals surface area contributed by atoms with Crippen molar-refractivity contribution in [1.29, 1.82) is 0 Å². The molecule has 1 heterocycles. The maximum atomic E-state index is 6.15. The molecule has 2 nitrogen and oxygen atoms in total. The molecule has 0 unspecified atom stereocenters. The van der Waals surface area contributed by atoms with E-state index in [1.807, 2.05) is 12.1 Å². The number of hydrogen-bond donors (Lipinski definition) is 2. The third kappa shape index (κ3) is 3.10. The number of aromatic nitrogens is 1. The van der Waals surface area contributed by atoms with Crippen LogP contribution in [0.4, 0.5) is 0 Å². The highest BCUT2D eigenvalue weighted by Gasteiger charge is 2.09. The molecule has 0 amide bonds. The van der Waals surface area contributed by atoms with Crippen molar-refractivity contribution in [1.82, 2.24) is 4.98 Å². The van der Waals surface area contributed by atoms with Crippen LogP contribution in [0.5, 0.6) is 0 Å². The van der Waals surface area contributed by atoms with E-state index >= 15 is 0 Å². The summed E-state index contributed by atoms with van der Waals surface area (Å²) in [6.45, 7) is 2.75. The molecule has 0 atom stereocenters. The molecule has 0 aliphatic heterocycles. The molecular weight excluding hydrogens is 300 g/mol. The second-order valence-corrected chi connectivity index (χ2v) is 6.61. The predicted molar refractivity (Wildman–Crippen MR) is 91.4 cm³/mol. The number of hydrogen-bond acceptors (Lipinski definition) is 2. The Labute approximate surface area is 133 Å². The molecule has 3 rings (SSSR count). The fourth-order valence-electron chi connectivity index (χ4n) is 2.40. The third-order valence-corrected chi connectivity index (χ3v) is 4.85. The van der Waals surface area contributed by atoms with Crippen LogP contribution in [-0.2, 0) is 6.42 Å². The highest BCUT2D eigenvalue weighted by atomic mass is 35.5. The van der Waals surface area contributed by atoms with E-state index in [2.05, 4.69) is 42.4 Å². The Morgan fingerprint density at radius 2 is 2.00 bits per heavy atom. The lowest BCUT2D eigenvalue weighted by Gasteiger charge is -2.08. The van der Waals surface area contributed by atoms with Gasteiger partial charge in [-0.1, -0.05) is 41.1 Å². The molecule has 3 aromatic rings. The Morgan fingerprint density at radius 1 is 1.14 bits per heavy atom. The van der Waals surface area contributed by atoms with E-state index in [0.29, 0.717) is 6.54 Å². The zero-order valence-corrected chi connectivity index (χ0v) is 13.4. The molecule has 21 heavy (non-hydrogen) atoms. The number of aryl methyl sites for hydroxylation is 1. The van der Waals surface area contributed by atoms with Crippen molar-refractivity contribution < 1.29 is 0 Å². The summed E-state index contributed by atoms with van der Waals surface area (Å²) in [6.07, 6.45) is 2.92. The molecule has 2 aromatic carbocycles. The van der Waals surface area contributed by atoms with Crippen molar-refractivity contribution in [2.45, 2.75) is 23.1 Å². The number of halogens is 1. The lowest BCUT2D eigenvalue weighted by molar-refractivity contribution is 0.944. The summed E-state index contributed by atoms with van der Waals surface area (Å²) in [6, 6.07) is 12.5. The summed E-state index contributed by atoms with van der Waals surface area (Å²) in [5.74, 6) is 0. The molecule has 3 N–H and O–H groups in total. The van der Waals surface area contributed by atoms with Gasteiger partial charge in [0, 0.05) is 31.9 Å². The largest absolute Gasteiger partial charge is 0.360 e. The van der Waals surface area contributed by atoms with Crippen LogP contribution < -0.4 is 5.73 Å². The van der Waals surface area contributed by atoms with Gasteiger partial charge in [-0.2, -0.15) is 0 Å². The maximum absolute atomic E-state index is 6.15. The van der Waals surface area contributed by atoms with E-state index in [-0.39, 0.29) is 0 Å². The number of benzene rings is 2. The van der Waals surface area contributed by atoms with Gasteiger partial charge in [-0.15, -0.1) is 0 Å². The van der Waals surface area contributed by atoms with Crippen LogP contribution in [0.15, 0.2) is 52.4 Å². The summed E-state index contributed by atoms with van der Waals surface area (Å²) in [5.41, 5.74) is 9.37. The van der Waals surface area contributed by atoms with E-state index in [9.17, 15) is 0 Å². The number of nitrogens with two attached hydrogens (primary N) is 1. The quantitative estimate of drug-likeness (QED) is 0.727. The first kappa shape index (κ1) is 14.5. The normalized spacial score (nSPS) is 11.2. The van der Waals surface area contributed by atoms with Gasteiger partial charge in [0.25, 0.3) is 0 Å². The smallest absolute Gasteiger partial charge is 0.0465 e. The lowest BCUT2D eigenvalue weighted by atomic mass is 10.1. The second kappa shape index (κ2) is 6.14. The minimum atomic E-state index is 0.641. The van der Waals surface area contributed by atoms with E-state index in [4.69, 9.17) is 17.3 Å². The summed E-state index contributed by atoms with van der Waals surface area (Å²) in [7, 11) is 0. The summed E-state index contributed by atoms with van der Waals surface area (Å²) in [4.78, 5) is 5.72. The molecule has 0 aliphatic carbocycles. The van der Waals surface area contributed by atoms with E-state index in [1.165, 1.54) is 26.3 Å². The van der Waals surface area contributed by atoms with Crippen molar-refractivity contribution in [2.24, 2.45) is 5.73 Å². The van der Waals surface area contributed by atoms with Gasteiger partial charge in [0.1, 0.15) is 0 Å². The van der Waals surface area contributed by atoms with Crippen LogP contribution in [0.1, 0.15) is 11.1 Å². The van der Waals surface area contributed by atoms with Gasteiger partial charge in [-0.05, 0) is 49.7 Å². The van der Waals surface area contributed by atoms with Crippen LogP contribution >= 0.6 is 23.4 Å². The molecule has 0 bridgehead atoms. The van der Waals surface area contributed by atoms with Gasteiger partial charge in [0.2, 0.25) is 0 Å². The number of aromatic amines is 1. The molecule has 4 heteroatoms. The number of H-pyrrole nitrogens is 1. The predicted octanol–water partition coefficient (Wildman–Crippen LogP) is 4.78. The van der Waals surface area contributed by atoms with Gasteiger partial charge < -0.3 is 10.7 Å². The molecular formula is C17H17ClN2S. The first-order chi connectivity index (χ1) is 10.2. The molecule has 0 saturated carbocycles. The topological polar surface area (TPSA) is 41.8 Å². The van der Waals surface area contributed by atoms with Crippen LogP contribution in [0.3, 0.4) is 0 Å². The lowest BCUT2D eigenvalue weighted by Crippen LogP contribution is -2.03. The Morgan fingerprint density at radius 3 is 2.81 bits per heavy atom. The number of rotatable bonds is 4. The number of nitrogens with one attached hydrogen (secondary N) is 1. The zero-order valence-electron chi connectivity index (χ0n) is 11.8. The van der Waals surface area contributed by atoms with Crippen molar-refractivity contribution in [2.75, 3.05) is 6.54 Å². The van der Waals surface area contributed by atoms with E-state index < -0.39 is 0 Å². The summed E-state index contributed by atoms with van der Waals surface area (Å²) < 4.78 is 0. The molecule has 1 aromatic heterocycles. The Kier molecular flexibility index (Phi) is 4.24. The SMILES string of the molecule is Cc1ccc2[nH]cc(Sc3cc(Cl)ccc3CCN)c2c1. The van der Waals surface area contributed by atoms with Gasteiger partial charge in [-0.25, -0.2) is 0 Å². The molecule has 0 aliphatic rings. The van der Waals surface area contributed by atoms with E-state index in [1.54, 1.807) is 11.8 Å². The zero-order chi connectivity index (χ0) is 14.8. The van der Waals surface area contributed by atoms with Gasteiger partial charge in [-0.3, -0.25) is 0 Å². The number of fused-ring (bicyclic) bond motifs is 1. The van der Waals surface area contributed by atoms with Crippen LogP contribution in [-0.4, -0.2) is 11.5 Å². The monoisotopic (exact) mass is 316 g/mol. The molecule has 0 spiro atoms. The van der Waals surface area contributed by atoms with Crippen LogP contribution in [0.2, 0.25) is 5.02 Å². The Hall–Kier alpha value is -1.42. The van der Waals surface area contributed by atoms with Crippen LogP contribution in [0.25, 0.3) is 10.9 Å². The highest BCUT2D eigenvalue weighted by molar-refractivity contribution is 7.99. The average Bonchev–Trinajstić information content (AvgIpc) is 2.84. The highest BCUT2D eigenvalue weighted by Crippen LogP contribution is 2.37. The first-order valence-electron chi connectivity index (χ1n) is 6.91. The molecule has 108 valence electrons. The van der Waals surface area contributed by atoms with Gasteiger partial charge >= 0.3 is 0 Å². The Balaban J connectivity index is 2.02. The average molecular weight is 317 g/mol. The van der Waals surface area contributed by atoms with Crippen molar-refractivity contribution in [3.63, 3.8) is 0 Å². The minimum Gasteiger partial charge on any atom is -0.360 e. The summed E-state index contributed by atoms with van der Waals surface area (Å²) in [5, 5.41) is 2.01. The maximum Gasteiger partial charge on any atom is 0.0465 e. The molecule has 0 fully saturated rings. The van der Waals surface area contributed by atoms with Crippen molar-refractivity contribution in [3.05, 3.63) is 58.7 Å².